The highest BCUT2D eigenvalue weighted by Crippen LogP contribution is 2.27. The van der Waals surface area contributed by atoms with Crippen molar-refractivity contribution < 1.29 is 4.79 Å². The van der Waals surface area contributed by atoms with Gasteiger partial charge in [0.1, 0.15) is 0 Å². The molecule has 19 heavy (non-hydrogen) atoms. The van der Waals surface area contributed by atoms with Gasteiger partial charge in [-0.3, -0.25) is 9.78 Å². The lowest BCUT2D eigenvalue weighted by molar-refractivity contribution is 0.102. The molecule has 0 aliphatic heterocycles. The average molecular weight is 251 g/mol. The van der Waals surface area contributed by atoms with Crippen molar-refractivity contribution >= 4 is 16.7 Å². The van der Waals surface area contributed by atoms with Crippen LogP contribution in [0.2, 0.25) is 0 Å². The van der Waals surface area contributed by atoms with Crippen LogP contribution in [0.25, 0.3) is 10.9 Å². The van der Waals surface area contributed by atoms with Crippen molar-refractivity contribution in [2.45, 2.75) is 26.2 Å². The van der Waals surface area contributed by atoms with Crippen LogP contribution < -0.4 is 0 Å². The van der Waals surface area contributed by atoms with Crippen LogP contribution in [0.15, 0.2) is 48.2 Å². The fourth-order valence-electron chi connectivity index (χ4n) is 2.65. The first-order valence-corrected chi connectivity index (χ1v) is 6.83. The second-order valence-electron chi connectivity index (χ2n) is 5.31. The van der Waals surface area contributed by atoms with E-state index in [9.17, 15) is 4.79 Å². The van der Waals surface area contributed by atoms with Gasteiger partial charge in [-0.2, -0.15) is 0 Å². The summed E-state index contributed by atoms with van der Waals surface area (Å²) in [5.41, 5.74) is 2.64. The van der Waals surface area contributed by atoms with Gasteiger partial charge < -0.3 is 0 Å². The van der Waals surface area contributed by atoms with Crippen LogP contribution in [0.4, 0.5) is 0 Å². The number of benzene rings is 1. The summed E-state index contributed by atoms with van der Waals surface area (Å²) in [4.78, 5) is 16.9. The van der Waals surface area contributed by atoms with E-state index in [1.54, 1.807) is 6.20 Å². The Kier molecular flexibility index (Phi) is 3.16. The molecule has 0 amide bonds. The Balaban J connectivity index is 2.03. The molecule has 1 aromatic heterocycles. The molecule has 3 rings (SSSR count). The highest BCUT2D eigenvalue weighted by Gasteiger charge is 2.19. The van der Waals surface area contributed by atoms with Crippen molar-refractivity contribution in [3.8, 4) is 0 Å². The van der Waals surface area contributed by atoms with E-state index in [1.165, 1.54) is 0 Å². The van der Waals surface area contributed by atoms with Gasteiger partial charge in [-0.05, 0) is 42.9 Å². The van der Waals surface area contributed by atoms with E-state index in [0.717, 1.165) is 41.3 Å². The maximum absolute atomic E-state index is 12.6. The van der Waals surface area contributed by atoms with E-state index in [2.05, 4.69) is 18.0 Å². The Hall–Kier alpha value is -1.96. The number of carbonyl (C=O) groups excluding carboxylic acids is 1. The number of Topliss-reactive ketones (excluding diaryl/α,β-unsaturated/α-hetero) is 1. The molecular formula is C17H17NO. The molecule has 0 N–H and O–H groups in total. The standard InChI is InChI=1S/C17H17NO/c1-12-7-9-13(10-8-12)17(19)15-4-2-6-16-14(15)5-3-11-18-16/h2-6,9,11-12H,7-8,10H2,1H3. The van der Waals surface area contributed by atoms with Crippen LogP contribution >= 0.6 is 0 Å². The molecule has 1 atom stereocenters. The summed E-state index contributed by atoms with van der Waals surface area (Å²) in [6.45, 7) is 2.24. The molecule has 96 valence electrons. The van der Waals surface area contributed by atoms with Gasteiger partial charge in [0.05, 0.1) is 5.52 Å². The van der Waals surface area contributed by atoms with Crippen LogP contribution in [-0.4, -0.2) is 10.8 Å². The molecule has 0 spiro atoms. The molecule has 1 unspecified atom stereocenters. The molecule has 1 heterocycles. The third-order valence-electron chi connectivity index (χ3n) is 3.86. The van der Waals surface area contributed by atoms with E-state index >= 15 is 0 Å². The predicted molar refractivity (Wildman–Crippen MR) is 77.2 cm³/mol. The minimum atomic E-state index is 0.172. The number of ketones is 1. The highest BCUT2D eigenvalue weighted by atomic mass is 16.1. The molecule has 0 fully saturated rings. The van der Waals surface area contributed by atoms with E-state index < -0.39 is 0 Å². The van der Waals surface area contributed by atoms with Crippen molar-refractivity contribution in [1.29, 1.82) is 0 Å². The van der Waals surface area contributed by atoms with Gasteiger partial charge in [-0.25, -0.2) is 0 Å². The smallest absolute Gasteiger partial charge is 0.189 e. The summed E-state index contributed by atoms with van der Waals surface area (Å²) in [6, 6.07) is 9.63. The van der Waals surface area contributed by atoms with Gasteiger partial charge in [-0.15, -0.1) is 0 Å². The van der Waals surface area contributed by atoms with Gasteiger partial charge in [0, 0.05) is 17.1 Å². The molecule has 2 heteroatoms. The van der Waals surface area contributed by atoms with Crippen molar-refractivity contribution in [2.75, 3.05) is 0 Å². The average Bonchev–Trinajstić information content (AvgIpc) is 2.47. The topological polar surface area (TPSA) is 30.0 Å². The number of fused-ring (bicyclic) bond motifs is 1. The van der Waals surface area contributed by atoms with Gasteiger partial charge >= 0.3 is 0 Å². The van der Waals surface area contributed by atoms with E-state index in [4.69, 9.17) is 0 Å². The van der Waals surface area contributed by atoms with Gasteiger partial charge in [0.2, 0.25) is 0 Å². The quantitative estimate of drug-likeness (QED) is 0.750. The molecule has 1 aliphatic carbocycles. The Morgan fingerprint density at radius 2 is 2.16 bits per heavy atom. The van der Waals surface area contributed by atoms with Crippen LogP contribution in [0.3, 0.4) is 0 Å². The molecule has 0 radical (unpaired) electrons. The first-order valence-electron chi connectivity index (χ1n) is 6.83. The lowest BCUT2D eigenvalue weighted by atomic mass is 9.87. The van der Waals surface area contributed by atoms with Crippen molar-refractivity contribution in [2.24, 2.45) is 5.92 Å². The summed E-state index contributed by atoms with van der Waals surface area (Å²) >= 11 is 0. The first-order chi connectivity index (χ1) is 9.25. The summed E-state index contributed by atoms with van der Waals surface area (Å²) in [5.74, 6) is 0.872. The molecule has 0 saturated heterocycles. The zero-order valence-electron chi connectivity index (χ0n) is 11.1. The van der Waals surface area contributed by atoms with E-state index in [1.807, 2.05) is 30.3 Å². The second-order valence-corrected chi connectivity index (χ2v) is 5.31. The maximum Gasteiger partial charge on any atom is 0.189 e. The second kappa shape index (κ2) is 4.96. The lowest BCUT2D eigenvalue weighted by Crippen LogP contribution is -2.10. The minimum Gasteiger partial charge on any atom is -0.289 e. The predicted octanol–water partition coefficient (Wildman–Crippen LogP) is 4.16. The van der Waals surface area contributed by atoms with Crippen LogP contribution in [0.5, 0.6) is 0 Å². The van der Waals surface area contributed by atoms with Crippen LogP contribution in [0, 0.1) is 5.92 Å². The number of rotatable bonds is 2. The number of pyridine rings is 1. The molecular weight excluding hydrogens is 234 g/mol. The number of hydrogen-bond acceptors (Lipinski definition) is 2. The summed E-state index contributed by atoms with van der Waals surface area (Å²) in [5, 5.41) is 0.953. The zero-order valence-corrected chi connectivity index (χ0v) is 11.1. The fraction of sp³-hybridized carbons (Fsp3) is 0.294. The van der Waals surface area contributed by atoms with Crippen molar-refractivity contribution in [3.63, 3.8) is 0 Å². The highest BCUT2D eigenvalue weighted by molar-refractivity contribution is 6.15. The van der Waals surface area contributed by atoms with Crippen LogP contribution in [-0.2, 0) is 0 Å². The Morgan fingerprint density at radius 3 is 2.95 bits per heavy atom. The maximum atomic E-state index is 12.6. The number of nitrogens with zero attached hydrogens (tertiary/aromatic N) is 1. The Bertz CT molecular complexity index is 652. The largest absolute Gasteiger partial charge is 0.289 e. The number of carbonyl (C=O) groups is 1. The van der Waals surface area contributed by atoms with Crippen molar-refractivity contribution in [1.82, 2.24) is 4.98 Å². The summed E-state index contributed by atoms with van der Waals surface area (Å²) in [7, 11) is 0. The molecule has 0 saturated carbocycles. The normalized spacial score (nSPS) is 19.2. The van der Waals surface area contributed by atoms with Gasteiger partial charge in [0.25, 0.3) is 0 Å². The Morgan fingerprint density at radius 1 is 1.26 bits per heavy atom. The van der Waals surface area contributed by atoms with Gasteiger partial charge in [-0.1, -0.05) is 31.2 Å². The zero-order chi connectivity index (χ0) is 13.2. The number of hydrogen-bond donors (Lipinski definition) is 0. The number of aromatic nitrogens is 1. The fourth-order valence-corrected chi connectivity index (χ4v) is 2.65. The molecule has 1 aliphatic rings. The molecule has 2 aromatic rings. The van der Waals surface area contributed by atoms with Gasteiger partial charge in [0.15, 0.2) is 5.78 Å². The lowest BCUT2D eigenvalue weighted by Gasteiger charge is -2.17. The monoisotopic (exact) mass is 251 g/mol. The third kappa shape index (κ3) is 2.30. The summed E-state index contributed by atoms with van der Waals surface area (Å²) in [6.07, 6.45) is 6.91. The third-order valence-corrected chi connectivity index (χ3v) is 3.86. The Labute approximate surface area is 113 Å². The minimum absolute atomic E-state index is 0.172. The molecule has 1 aromatic carbocycles. The van der Waals surface area contributed by atoms with E-state index in [0.29, 0.717) is 5.92 Å². The molecule has 0 bridgehead atoms. The van der Waals surface area contributed by atoms with Crippen molar-refractivity contribution in [3.05, 3.63) is 53.7 Å². The first kappa shape index (κ1) is 12.1. The number of allylic oxidation sites excluding steroid dienone is 2. The SMILES string of the molecule is CC1CC=C(C(=O)c2cccc3ncccc23)CC1. The summed E-state index contributed by atoms with van der Waals surface area (Å²) < 4.78 is 0. The van der Waals surface area contributed by atoms with E-state index in [-0.39, 0.29) is 5.78 Å². The van der Waals surface area contributed by atoms with Crippen LogP contribution in [0.1, 0.15) is 36.5 Å². The molecule has 2 nitrogen and oxygen atoms in total.